The van der Waals surface area contributed by atoms with Crippen molar-refractivity contribution in [1.29, 1.82) is 0 Å². The molecule has 2 heterocycles. The summed E-state index contributed by atoms with van der Waals surface area (Å²) in [6.45, 7) is 13.7. The van der Waals surface area contributed by atoms with Gasteiger partial charge in [-0.15, -0.1) is 0 Å². The van der Waals surface area contributed by atoms with Crippen LogP contribution in [0.2, 0.25) is 0 Å². The average Bonchev–Trinajstić information content (AvgIpc) is 2.36. The predicted octanol–water partition coefficient (Wildman–Crippen LogP) is 2.67. The molecule has 2 rings (SSSR count). The van der Waals surface area contributed by atoms with E-state index < -0.39 is 0 Å². The second-order valence-electron chi connectivity index (χ2n) is 6.64. The molecule has 0 aromatic carbocycles. The van der Waals surface area contributed by atoms with Gasteiger partial charge in [-0.1, -0.05) is 20.8 Å². The Bertz CT molecular complexity index is 225. The third kappa shape index (κ3) is 1.72. The monoisotopic (exact) mass is 211 g/mol. The minimum absolute atomic E-state index is 0.266. The zero-order chi connectivity index (χ0) is 11.3. The first-order chi connectivity index (χ1) is 6.84. The smallest absolute Gasteiger partial charge is 0.0622 e. The maximum atomic E-state index is 5.65. The highest BCUT2D eigenvalue weighted by Gasteiger charge is 2.49. The lowest BCUT2D eigenvalue weighted by Gasteiger charge is -2.52. The molecule has 2 bridgehead atoms. The molecule has 2 fully saturated rings. The summed E-state index contributed by atoms with van der Waals surface area (Å²) in [5.41, 5.74) is 0.591. The molecular formula is C13H25NO. The van der Waals surface area contributed by atoms with Gasteiger partial charge in [0.15, 0.2) is 0 Å². The van der Waals surface area contributed by atoms with Gasteiger partial charge in [0.25, 0.3) is 0 Å². The quantitative estimate of drug-likeness (QED) is 0.661. The molecule has 2 aliphatic rings. The molecule has 0 spiro atoms. The van der Waals surface area contributed by atoms with Crippen molar-refractivity contribution in [3.05, 3.63) is 0 Å². The molecule has 2 aliphatic heterocycles. The number of hydrogen-bond acceptors (Lipinski definition) is 2. The Kier molecular flexibility index (Phi) is 2.63. The lowest BCUT2D eigenvalue weighted by atomic mass is 9.74. The Morgan fingerprint density at radius 3 is 1.80 bits per heavy atom. The molecule has 0 amide bonds. The van der Waals surface area contributed by atoms with Crippen LogP contribution in [0.1, 0.15) is 47.5 Å². The lowest BCUT2D eigenvalue weighted by molar-refractivity contribution is -0.0958. The summed E-state index contributed by atoms with van der Waals surface area (Å²) >= 11 is 0. The summed E-state index contributed by atoms with van der Waals surface area (Å²) in [5, 5.41) is 0. The van der Waals surface area contributed by atoms with Crippen molar-refractivity contribution in [2.75, 3.05) is 13.2 Å². The maximum Gasteiger partial charge on any atom is 0.0622 e. The molecular weight excluding hydrogens is 186 g/mol. The van der Waals surface area contributed by atoms with Gasteiger partial charge >= 0.3 is 0 Å². The van der Waals surface area contributed by atoms with Crippen molar-refractivity contribution in [1.82, 2.24) is 4.90 Å². The molecule has 0 radical (unpaired) electrons. The van der Waals surface area contributed by atoms with Crippen molar-refractivity contribution < 1.29 is 4.74 Å². The van der Waals surface area contributed by atoms with E-state index in [1.807, 2.05) is 0 Å². The summed E-state index contributed by atoms with van der Waals surface area (Å²) in [6, 6.07) is 1.33. The first-order valence-electron chi connectivity index (χ1n) is 6.20. The van der Waals surface area contributed by atoms with E-state index in [-0.39, 0.29) is 5.54 Å². The van der Waals surface area contributed by atoms with Crippen LogP contribution in [-0.2, 0) is 4.74 Å². The molecule has 2 nitrogen and oxygen atoms in total. The summed E-state index contributed by atoms with van der Waals surface area (Å²) in [4.78, 5) is 2.73. The number of ether oxygens (including phenoxy) is 1. The van der Waals surface area contributed by atoms with Crippen LogP contribution in [0.4, 0.5) is 0 Å². The van der Waals surface area contributed by atoms with E-state index >= 15 is 0 Å². The highest BCUT2D eigenvalue weighted by atomic mass is 16.5. The van der Waals surface area contributed by atoms with Crippen LogP contribution >= 0.6 is 0 Å². The van der Waals surface area contributed by atoms with E-state index in [0.29, 0.717) is 17.5 Å². The molecule has 0 aromatic rings. The highest BCUT2D eigenvalue weighted by molar-refractivity contribution is 5.03. The number of fused-ring (bicyclic) bond motifs is 2. The fourth-order valence-corrected chi connectivity index (χ4v) is 2.93. The SMILES string of the molecule is CC(C)(C)C(C)(C)N1[C@@H]2CC[C@H]1COC2. The fraction of sp³-hybridized carbons (Fsp3) is 1.00. The number of hydrogen-bond donors (Lipinski definition) is 0. The normalized spacial score (nSPS) is 33.4. The van der Waals surface area contributed by atoms with E-state index in [9.17, 15) is 0 Å². The van der Waals surface area contributed by atoms with Crippen LogP contribution in [0.3, 0.4) is 0 Å². The van der Waals surface area contributed by atoms with E-state index in [0.717, 1.165) is 13.2 Å². The summed E-state index contributed by atoms with van der Waals surface area (Å²) in [6.07, 6.45) is 2.65. The van der Waals surface area contributed by atoms with E-state index in [1.165, 1.54) is 12.8 Å². The van der Waals surface area contributed by atoms with Crippen LogP contribution in [0.15, 0.2) is 0 Å². The Balaban J connectivity index is 2.23. The molecule has 2 heteroatoms. The third-order valence-electron chi connectivity index (χ3n) is 4.72. The first-order valence-corrected chi connectivity index (χ1v) is 6.20. The first kappa shape index (κ1) is 11.4. The summed E-state index contributed by atoms with van der Waals surface area (Å²) in [7, 11) is 0. The van der Waals surface area contributed by atoms with Crippen LogP contribution < -0.4 is 0 Å². The number of rotatable bonds is 1. The predicted molar refractivity (Wildman–Crippen MR) is 63.0 cm³/mol. The average molecular weight is 211 g/mol. The molecule has 2 saturated heterocycles. The van der Waals surface area contributed by atoms with Gasteiger partial charge in [-0.2, -0.15) is 0 Å². The fourth-order valence-electron chi connectivity index (χ4n) is 2.93. The van der Waals surface area contributed by atoms with E-state index in [1.54, 1.807) is 0 Å². The standard InChI is InChI=1S/C13H25NO/c1-12(2,3)13(4,5)14-10-6-7-11(14)9-15-8-10/h10-11H,6-9H2,1-5H3/t10-,11+. The van der Waals surface area contributed by atoms with Crippen LogP contribution in [0.25, 0.3) is 0 Å². The van der Waals surface area contributed by atoms with E-state index in [4.69, 9.17) is 4.74 Å². The molecule has 0 unspecified atom stereocenters. The van der Waals surface area contributed by atoms with E-state index in [2.05, 4.69) is 39.5 Å². The Morgan fingerprint density at radius 2 is 1.40 bits per heavy atom. The minimum atomic E-state index is 0.266. The Hall–Kier alpha value is -0.0800. The Morgan fingerprint density at radius 1 is 0.933 bits per heavy atom. The molecule has 88 valence electrons. The number of morpholine rings is 1. The maximum absolute atomic E-state index is 5.65. The zero-order valence-corrected chi connectivity index (χ0v) is 10.8. The van der Waals surface area contributed by atoms with Gasteiger partial charge in [0.1, 0.15) is 0 Å². The van der Waals surface area contributed by atoms with Gasteiger partial charge < -0.3 is 4.74 Å². The van der Waals surface area contributed by atoms with Crippen molar-refractivity contribution in [2.45, 2.75) is 65.1 Å². The van der Waals surface area contributed by atoms with Gasteiger partial charge in [0, 0.05) is 17.6 Å². The minimum Gasteiger partial charge on any atom is -0.378 e. The molecule has 0 aliphatic carbocycles. The van der Waals surface area contributed by atoms with Crippen LogP contribution in [0.5, 0.6) is 0 Å². The molecule has 15 heavy (non-hydrogen) atoms. The van der Waals surface area contributed by atoms with Gasteiger partial charge in [-0.25, -0.2) is 0 Å². The van der Waals surface area contributed by atoms with Crippen LogP contribution in [-0.4, -0.2) is 35.7 Å². The third-order valence-corrected chi connectivity index (χ3v) is 4.72. The van der Waals surface area contributed by atoms with Crippen molar-refractivity contribution in [2.24, 2.45) is 5.41 Å². The molecule has 0 aromatic heterocycles. The summed E-state index contributed by atoms with van der Waals surface area (Å²) in [5.74, 6) is 0. The molecule has 0 N–H and O–H groups in total. The van der Waals surface area contributed by atoms with Gasteiger partial charge in [0.2, 0.25) is 0 Å². The van der Waals surface area contributed by atoms with Crippen molar-refractivity contribution in [3.63, 3.8) is 0 Å². The molecule has 2 atom stereocenters. The van der Waals surface area contributed by atoms with Gasteiger partial charge in [-0.3, -0.25) is 4.90 Å². The van der Waals surface area contributed by atoms with Crippen molar-refractivity contribution >= 4 is 0 Å². The largest absolute Gasteiger partial charge is 0.378 e. The second-order valence-corrected chi connectivity index (χ2v) is 6.64. The summed E-state index contributed by atoms with van der Waals surface area (Å²) < 4.78 is 5.65. The van der Waals surface area contributed by atoms with Crippen LogP contribution in [0, 0.1) is 5.41 Å². The number of nitrogens with zero attached hydrogens (tertiary/aromatic N) is 1. The topological polar surface area (TPSA) is 12.5 Å². The van der Waals surface area contributed by atoms with Gasteiger partial charge in [0.05, 0.1) is 13.2 Å². The molecule has 0 saturated carbocycles. The highest BCUT2D eigenvalue weighted by Crippen LogP contribution is 2.43. The lowest BCUT2D eigenvalue weighted by Crippen LogP contribution is -2.61. The van der Waals surface area contributed by atoms with Gasteiger partial charge in [-0.05, 0) is 32.1 Å². The Labute approximate surface area is 94.0 Å². The van der Waals surface area contributed by atoms with Crippen molar-refractivity contribution in [3.8, 4) is 0 Å². The second kappa shape index (κ2) is 3.46. The zero-order valence-electron chi connectivity index (χ0n) is 10.8.